The molecule has 0 aromatic heterocycles. The van der Waals surface area contributed by atoms with E-state index in [0.717, 1.165) is 6.42 Å². The van der Waals surface area contributed by atoms with E-state index in [4.69, 9.17) is 0 Å². The molecule has 0 heterocycles. The molecule has 0 radical (unpaired) electrons. The van der Waals surface area contributed by atoms with Crippen LogP contribution in [-0.2, 0) is 6.42 Å². The summed E-state index contributed by atoms with van der Waals surface area (Å²) in [6, 6.07) is 7.39. The van der Waals surface area contributed by atoms with Gasteiger partial charge in [0.15, 0.2) is 0 Å². The average Bonchev–Trinajstić information content (AvgIpc) is 2.39. The summed E-state index contributed by atoms with van der Waals surface area (Å²) >= 11 is 0. The van der Waals surface area contributed by atoms with Crippen molar-refractivity contribution < 1.29 is 20.4 Å². The number of hydrogen-bond acceptors (Lipinski definition) is 4. The highest BCUT2D eigenvalue weighted by Gasteiger charge is 2.07. The van der Waals surface area contributed by atoms with Gasteiger partial charge in [-0.15, -0.1) is 0 Å². The molecule has 0 bridgehead atoms. The molecule has 4 N–H and O–H groups in total. The van der Waals surface area contributed by atoms with E-state index in [-0.39, 0.29) is 23.0 Å². The molecule has 0 spiro atoms. The van der Waals surface area contributed by atoms with Gasteiger partial charge < -0.3 is 20.4 Å². The lowest BCUT2D eigenvalue weighted by Gasteiger charge is -2.07. The topological polar surface area (TPSA) is 80.9 Å². The quantitative estimate of drug-likeness (QED) is 0.647. The monoisotopic (exact) mass is 286 g/mol. The highest BCUT2D eigenvalue weighted by atomic mass is 16.3. The van der Waals surface area contributed by atoms with Gasteiger partial charge in [0.2, 0.25) is 0 Å². The zero-order chi connectivity index (χ0) is 15.4. The molecule has 0 unspecified atom stereocenters. The second-order valence-corrected chi connectivity index (χ2v) is 4.90. The summed E-state index contributed by atoms with van der Waals surface area (Å²) in [6.45, 7) is 1.97. The molecule has 2 rings (SSSR count). The molecule has 4 heteroatoms. The van der Waals surface area contributed by atoms with E-state index in [1.54, 1.807) is 24.3 Å². The zero-order valence-electron chi connectivity index (χ0n) is 11.7. The Morgan fingerprint density at radius 2 is 1.24 bits per heavy atom. The van der Waals surface area contributed by atoms with Crippen molar-refractivity contribution in [3.05, 3.63) is 47.0 Å². The smallest absolute Gasteiger partial charge is 0.123 e. The Labute approximate surface area is 123 Å². The summed E-state index contributed by atoms with van der Waals surface area (Å²) in [5.41, 5.74) is 1.79. The summed E-state index contributed by atoms with van der Waals surface area (Å²) in [5.74, 6) is 0.0720. The van der Waals surface area contributed by atoms with Crippen molar-refractivity contribution in [2.24, 2.45) is 0 Å². The molecule has 0 saturated carbocycles. The largest absolute Gasteiger partial charge is 0.508 e. The number of rotatable bonds is 4. The molecule has 2 aromatic carbocycles. The fraction of sp³-hybridized carbons (Fsp3) is 0.176. The fourth-order valence-corrected chi connectivity index (χ4v) is 2.17. The van der Waals surface area contributed by atoms with Gasteiger partial charge in [0.05, 0.1) is 0 Å². The molecule has 0 fully saturated rings. The molecule has 4 nitrogen and oxygen atoms in total. The van der Waals surface area contributed by atoms with Gasteiger partial charge in [0, 0.05) is 11.6 Å². The molecule has 0 saturated heterocycles. The van der Waals surface area contributed by atoms with Crippen LogP contribution in [0.3, 0.4) is 0 Å². The number of benzene rings is 2. The third-order valence-corrected chi connectivity index (χ3v) is 3.12. The van der Waals surface area contributed by atoms with E-state index < -0.39 is 0 Å². The first-order valence-electron chi connectivity index (χ1n) is 6.75. The van der Waals surface area contributed by atoms with Crippen molar-refractivity contribution in [1.29, 1.82) is 0 Å². The molecular weight excluding hydrogens is 268 g/mol. The Bertz CT molecular complexity index is 631. The Hall–Kier alpha value is -2.62. The third kappa shape index (κ3) is 3.69. The predicted molar refractivity (Wildman–Crippen MR) is 82.5 cm³/mol. The number of phenols is 4. The molecule has 110 valence electrons. The van der Waals surface area contributed by atoms with E-state index in [2.05, 4.69) is 0 Å². The summed E-state index contributed by atoms with van der Waals surface area (Å²) in [4.78, 5) is 0. The third-order valence-electron chi connectivity index (χ3n) is 3.12. The van der Waals surface area contributed by atoms with Crippen molar-refractivity contribution in [2.45, 2.75) is 19.8 Å². The summed E-state index contributed by atoms with van der Waals surface area (Å²) in [5, 5.41) is 38.6. The molecule has 0 aliphatic carbocycles. The maximum atomic E-state index is 9.91. The lowest BCUT2D eigenvalue weighted by Crippen LogP contribution is -1.87. The van der Waals surface area contributed by atoms with Gasteiger partial charge in [-0.1, -0.05) is 25.5 Å². The summed E-state index contributed by atoms with van der Waals surface area (Å²) in [6.07, 6.45) is 4.80. The van der Waals surface area contributed by atoms with Gasteiger partial charge in [-0.05, 0) is 41.8 Å². The highest BCUT2D eigenvalue weighted by molar-refractivity contribution is 5.72. The molecule has 0 aliphatic heterocycles. The molecule has 2 aromatic rings. The molecule has 0 amide bonds. The van der Waals surface area contributed by atoms with Crippen LogP contribution in [0.1, 0.15) is 30.0 Å². The van der Waals surface area contributed by atoms with Crippen LogP contribution in [0.2, 0.25) is 0 Å². The van der Waals surface area contributed by atoms with Gasteiger partial charge in [0.1, 0.15) is 23.0 Å². The SMILES string of the molecule is CCCc1c(O)cc(/C=C\c2cc(O)cc(O)c2)cc1O. The normalized spacial score (nSPS) is 11.1. The van der Waals surface area contributed by atoms with E-state index in [9.17, 15) is 20.4 Å². The summed E-state index contributed by atoms with van der Waals surface area (Å²) in [7, 11) is 0. The number of aromatic hydroxyl groups is 4. The van der Waals surface area contributed by atoms with E-state index in [0.29, 0.717) is 23.1 Å². The Morgan fingerprint density at radius 1 is 0.762 bits per heavy atom. The van der Waals surface area contributed by atoms with Gasteiger partial charge in [0.25, 0.3) is 0 Å². The Morgan fingerprint density at radius 3 is 1.71 bits per heavy atom. The number of hydrogen-bond donors (Lipinski definition) is 4. The first-order valence-corrected chi connectivity index (χ1v) is 6.75. The lowest BCUT2D eigenvalue weighted by molar-refractivity contribution is 0.437. The number of phenolic OH excluding ortho intramolecular Hbond substituents is 4. The van der Waals surface area contributed by atoms with Crippen LogP contribution in [0.25, 0.3) is 12.2 Å². The van der Waals surface area contributed by atoms with Gasteiger partial charge in [-0.25, -0.2) is 0 Å². The molecular formula is C17H18O4. The maximum Gasteiger partial charge on any atom is 0.123 e. The van der Waals surface area contributed by atoms with Gasteiger partial charge in [-0.3, -0.25) is 0 Å². The second kappa shape index (κ2) is 6.22. The first kappa shape index (κ1) is 14.8. The van der Waals surface area contributed by atoms with Gasteiger partial charge in [-0.2, -0.15) is 0 Å². The van der Waals surface area contributed by atoms with E-state index in [1.807, 2.05) is 6.92 Å². The van der Waals surface area contributed by atoms with Crippen LogP contribution < -0.4 is 0 Å². The standard InChI is InChI=1S/C17H18O4/c1-2-3-15-16(20)8-12(9-17(15)21)5-4-11-6-13(18)10-14(19)7-11/h4-10,18-21H,2-3H2,1H3/b5-4-. The van der Waals surface area contributed by atoms with Crippen LogP contribution in [0.5, 0.6) is 23.0 Å². The van der Waals surface area contributed by atoms with Crippen LogP contribution in [-0.4, -0.2) is 20.4 Å². The molecule has 0 aliphatic rings. The lowest BCUT2D eigenvalue weighted by atomic mass is 10.0. The van der Waals surface area contributed by atoms with Crippen molar-refractivity contribution >= 4 is 12.2 Å². The highest BCUT2D eigenvalue weighted by Crippen LogP contribution is 2.31. The van der Waals surface area contributed by atoms with E-state index >= 15 is 0 Å². The Kier molecular flexibility index (Phi) is 4.38. The fourth-order valence-electron chi connectivity index (χ4n) is 2.17. The van der Waals surface area contributed by atoms with Crippen LogP contribution in [0.15, 0.2) is 30.3 Å². The minimum atomic E-state index is -0.0290. The Balaban J connectivity index is 2.29. The van der Waals surface area contributed by atoms with E-state index in [1.165, 1.54) is 18.2 Å². The minimum Gasteiger partial charge on any atom is -0.508 e. The second-order valence-electron chi connectivity index (χ2n) is 4.90. The van der Waals surface area contributed by atoms with Crippen molar-refractivity contribution in [2.75, 3.05) is 0 Å². The predicted octanol–water partition coefficient (Wildman–Crippen LogP) is 3.63. The first-order chi connectivity index (χ1) is 9.99. The van der Waals surface area contributed by atoms with Crippen LogP contribution >= 0.6 is 0 Å². The van der Waals surface area contributed by atoms with Crippen LogP contribution in [0, 0.1) is 0 Å². The van der Waals surface area contributed by atoms with Crippen molar-refractivity contribution in [3.63, 3.8) is 0 Å². The maximum absolute atomic E-state index is 9.91. The minimum absolute atomic E-state index is 0.0290. The average molecular weight is 286 g/mol. The van der Waals surface area contributed by atoms with Crippen LogP contribution in [0.4, 0.5) is 0 Å². The molecule has 0 atom stereocenters. The molecule has 21 heavy (non-hydrogen) atoms. The zero-order valence-corrected chi connectivity index (χ0v) is 11.7. The van der Waals surface area contributed by atoms with Gasteiger partial charge >= 0.3 is 0 Å². The van der Waals surface area contributed by atoms with Crippen molar-refractivity contribution in [1.82, 2.24) is 0 Å². The summed E-state index contributed by atoms with van der Waals surface area (Å²) < 4.78 is 0. The van der Waals surface area contributed by atoms with Crippen molar-refractivity contribution in [3.8, 4) is 23.0 Å².